The van der Waals surface area contributed by atoms with Crippen molar-refractivity contribution in [1.82, 2.24) is 0 Å². The third-order valence-electron chi connectivity index (χ3n) is 11.0. The summed E-state index contributed by atoms with van der Waals surface area (Å²) in [5.41, 5.74) is -2.27. The Balaban J connectivity index is 1.40. The van der Waals surface area contributed by atoms with Gasteiger partial charge in [0.1, 0.15) is 18.3 Å². The first-order valence-corrected chi connectivity index (χ1v) is 12.4. The lowest BCUT2D eigenvalue weighted by Crippen LogP contribution is -2.73. The smallest absolute Gasteiger partial charge is 0.339 e. The van der Waals surface area contributed by atoms with E-state index >= 15 is 0 Å². The first-order valence-electron chi connectivity index (χ1n) is 12.4. The maximum Gasteiger partial charge on any atom is 0.339 e. The van der Waals surface area contributed by atoms with Crippen molar-refractivity contribution >= 4 is 11.9 Å². The van der Waals surface area contributed by atoms with E-state index in [1.54, 1.807) is 12.5 Å². The van der Waals surface area contributed by atoms with E-state index in [0.29, 0.717) is 6.42 Å². The SMILES string of the molecule is CC1(C)O[C@H]2CC(=O)OC[C@]23[C@H]2CC[C@@]4(C)[C@@H](c5ccoc5)OC(=O)[C@H]5O[C@]54[C@]2(C)[C@H](O)C[C@@H]13. The zero-order valence-corrected chi connectivity index (χ0v) is 20.0. The van der Waals surface area contributed by atoms with Gasteiger partial charge in [-0.1, -0.05) is 13.8 Å². The van der Waals surface area contributed by atoms with Crippen LogP contribution in [-0.2, 0) is 28.5 Å². The summed E-state index contributed by atoms with van der Waals surface area (Å²) in [6.45, 7) is 8.63. The third-order valence-corrected chi connectivity index (χ3v) is 11.0. The lowest BCUT2D eigenvalue weighted by molar-refractivity contribution is -0.261. The van der Waals surface area contributed by atoms with Gasteiger partial charge in [0.2, 0.25) is 0 Å². The predicted octanol–water partition coefficient (Wildman–Crippen LogP) is 2.93. The number of carbonyl (C=O) groups excluding carboxylic acids is 2. The summed E-state index contributed by atoms with van der Waals surface area (Å²) in [4.78, 5) is 25.5. The van der Waals surface area contributed by atoms with Crippen molar-refractivity contribution in [2.45, 2.75) is 89.0 Å². The van der Waals surface area contributed by atoms with E-state index in [2.05, 4.69) is 27.7 Å². The molecule has 6 aliphatic rings. The van der Waals surface area contributed by atoms with Crippen LogP contribution < -0.4 is 0 Å². The van der Waals surface area contributed by atoms with Crippen LogP contribution in [0.15, 0.2) is 23.0 Å². The molecule has 1 N–H and O–H groups in total. The molecule has 4 aliphatic heterocycles. The first-order chi connectivity index (χ1) is 16.0. The van der Waals surface area contributed by atoms with Gasteiger partial charge in [-0.2, -0.15) is 0 Å². The monoisotopic (exact) mass is 472 g/mol. The van der Waals surface area contributed by atoms with E-state index in [0.717, 1.165) is 18.4 Å². The van der Waals surface area contributed by atoms with Crippen LogP contribution in [-0.4, -0.2) is 53.2 Å². The Hall–Kier alpha value is -1.90. The highest BCUT2D eigenvalue weighted by atomic mass is 16.7. The molecule has 2 spiro atoms. The third kappa shape index (κ3) is 2.07. The fourth-order valence-electron chi connectivity index (χ4n) is 9.62. The summed E-state index contributed by atoms with van der Waals surface area (Å²) >= 11 is 0. The van der Waals surface area contributed by atoms with E-state index < -0.39 is 45.8 Å². The van der Waals surface area contributed by atoms with Crippen molar-refractivity contribution in [2.75, 3.05) is 6.61 Å². The Morgan fingerprint density at radius 1 is 1.06 bits per heavy atom. The second kappa shape index (κ2) is 6.08. The van der Waals surface area contributed by atoms with Gasteiger partial charge in [-0.25, -0.2) is 4.79 Å². The minimum absolute atomic E-state index is 0.0318. The number of hydrogen-bond acceptors (Lipinski definition) is 8. The van der Waals surface area contributed by atoms with Crippen LogP contribution in [0.2, 0.25) is 0 Å². The number of aliphatic hydroxyl groups is 1. The number of hydrogen-bond donors (Lipinski definition) is 1. The molecule has 6 fully saturated rings. The van der Waals surface area contributed by atoms with Crippen LogP contribution in [0.25, 0.3) is 0 Å². The second-order valence-electron chi connectivity index (χ2n) is 12.4. The van der Waals surface area contributed by atoms with E-state index in [-0.39, 0.29) is 42.9 Å². The van der Waals surface area contributed by atoms with Gasteiger partial charge in [0.05, 0.1) is 36.8 Å². The highest BCUT2D eigenvalue weighted by Gasteiger charge is 2.89. The van der Waals surface area contributed by atoms with Crippen LogP contribution in [0.5, 0.6) is 0 Å². The average molecular weight is 473 g/mol. The molecule has 8 heteroatoms. The van der Waals surface area contributed by atoms with Gasteiger partial charge < -0.3 is 28.5 Å². The summed E-state index contributed by atoms with van der Waals surface area (Å²) in [6.07, 6.45) is 3.27. The molecule has 10 atom stereocenters. The highest BCUT2D eigenvalue weighted by molar-refractivity contribution is 5.82. The molecule has 34 heavy (non-hydrogen) atoms. The van der Waals surface area contributed by atoms with Gasteiger partial charge in [0.25, 0.3) is 0 Å². The molecular formula is C26H32O8. The Morgan fingerprint density at radius 3 is 2.59 bits per heavy atom. The minimum Gasteiger partial charge on any atom is -0.472 e. The second-order valence-corrected chi connectivity index (χ2v) is 12.4. The van der Waals surface area contributed by atoms with Crippen molar-refractivity contribution in [3.8, 4) is 0 Å². The largest absolute Gasteiger partial charge is 0.472 e. The number of carbonyl (C=O) groups is 2. The maximum atomic E-state index is 13.2. The van der Waals surface area contributed by atoms with Gasteiger partial charge in [-0.05, 0) is 45.1 Å². The Morgan fingerprint density at radius 2 is 1.85 bits per heavy atom. The van der Waals surface area contributed by atoms with Crippen molar-refractivity contribution in [2.24, 2.45) is 28.1 Å². The number of ether oxygens (including phenoxy) is 4. The minimum atomic E-state index is -0.877. The molecule has 2 saturated carbocycles. The molecule has 0 aromatic carbocycles. The average Bonchev–Trinajstić information content (AvgIpc) is 3.26. The van der Waals surface area contributed by atoms with Gasteiger partial charge in [0.15, 0.2) is 6.10 Å². The number of fused-ring (bicyclic) bond motifs is 1. The number of epoxide rings is 1. The van der Waals surface area contributed by atoms with Crippen molar-refractivity contribution < 1.29 is 38.1 Å². The summed E-state index contributed by atoms with van der Waals surface area (Å²) in [6, 6.07) is 1.84. The van der Waals surface area contributed by atoms with Crippen LogP contribution in [0.4, 0.5) is 0 Å². The van der Waals surface area contributed by atoms with Gasteiger partial charge in [0, 0.05) is 27.7 Å². The molecule has 1 aromatic heterocycles. The Bertz CT molecular complexity index is 1080. The fourth-order valence-corrected chi connectivity index (χ4v) is 9.62. The summed E-state index contributed by atoms with van der Waals surface area (Å²) < 4.78 is 30.0. The van der Waals surface area contributed by atoms with Crippen LogP contribution in [0, 0.1) is 28.1 Å². The molecule has 4 saturated heterocycles. The predicted molar refractivity (Wildman–Crippen MR) is 115 cm³/mol. The number of furan rings is 1. The molecule has 8 nitrogen and oxygen atoms in total. The van der Waals surface area contributed by atoms with Crippen LogP contribution in [0.1, 0.15) is 65.0 Å². The number of cyclic esters (lactones) is 2. The Labute approximate surface area is 198 Å². The summed E-state index contributed by atoms with van der Waals surface area (Å²) in [5, 5.41) is 11.9. The van der Waals surface area contributed by atoms with Crippen LogP contribution in [0.3, 0.4) is 0 Å². The normalized spacial score (nSPS) is 54.5. The molecule has 1 aromatic rings. The molecule has 2 aliphatic carbocycles. The van der Waals surface area contributed by atoms with E-state index in [4.69, 9.17) is 23.4 Å². The van der Waals surface area contributed by atoms with Crippen LogP contribution >= 0.6 is 0 Å². The molecule has 0 bridgehead atoms. The Kier molecular flexibility index (Phi) is 3.82. The van der Waals surface area contributed by atoms with E-state index in [1.807, 2.05) is 6.07 Å². The van der Waals surface area contributed by atoms with Crippen molar-refractivity contribution in [3.05, 3.63) is 24.2 Å². The standard InChI is InChI=1S/C26H32O8/c1-22(2)15-9-16(27)24(4)14(25(15)12-31-18(28)10-17(25)33-22)5-7-23(3)19(13-6-8-30-11-13)32-21(29)20-26(23,24)34-20/h6,8,11,14-17,19-20,27H,5,7,9-10,12H2,1-4H3/t14-,15-,16+,17-,19+,20+,23-,24-,25+,26+/m0/s1. The highest BCUT2D eigenvalue weighted by Crippen LogP contribution is 2.80. The zero-order chi connectivity index (χ0) is 23.9. The molecule has 184 valence electrons. The molecule has 7 rings (SSSR count). The quantitative estimate of drug-likeness (QED) is 0.491. The first kappa shape index (κ1) is 21.4. The molecule has 0 unspecified atom stereocenters. The molecule has 0 amide bonds. The number of rotatable bonds is 1. The van der Waals surface area contributed by atoms with Crippen molar-refractivity contribution in [1.29, 1.82) is 0 Å². The topological polar surface area (TPSA) is 108 Å². The number of esters is 2. The summed E-state index contributed by atoms with van der Waals surface area (Å²) in [5.74, 6) is -0.625. The molecular weight excluding hydrogens is 440 g/mol. The van der Waals surface area contributed by atoms with Gasteiger partial charge in [-0.15, -0.1) is 0 Å². The fraction of sp³-hybridized carbons (Fsp3) is 0.769. The maximum absolute atomic E-state index is 13.2. The number of aliphatic hydroxyl groups excluding tert-OH is 1. The lowest BCUT2D eigenvalue weighted by Gasteiger charge is -2.67. The van der Waals surface area contributed by atoms with E-state index in [9.17, 15) is 14.7 Å². The zero-order valence-electron chi connectivity index (χ0n) is 20.0. The van der Waals surface area contributed by atoms with E-state index in [1.165, 1.54) is 0 Å². The molecule has 5 heterocycles. The van der Waals surface area contributed by atoms with Gasteiger partial charge >= 0.3 is 11.9 Å². The lowest BCUT2D eigenvalue weighted by atomic mass is 9.36. The van der Waals surface area contributed by atoms with Crippen molar-refractivity contribution in [3.63, 3.8) is 0 Å². The summed E-state index contributed by atoms with van der Waals surface area (Å²) in [7, 11) is 0. The molecule has 0 radical (unpaired) electrons. The van der Waals surface area contributed by atoms with Gasteiger partial charge in [-0.3, -0.25) is 4.79 Å².